The monoisotopic (exact) mass is 241 g/mol. The number of hydrogen-bond acceptors (Lipinski definition) is 3. The van der Waals surface area contributed by atoms with Crippen LogP contribution >= 0.6 is 0 Å². The predicted octanol–water partition coefficient (Wildman–Crippen LogP) is 2.20. The Morgan fingerprint density at radius 3 is 2.18 bits per heavy atom. The van der Waals surface area contributed by atoms with Gasteiger partial charge in [-0.1, -0.05) is 13.8 Å². The maximum absolute atomic E-state index is 6.24. The highest BCUT2D eigenvalue weighted by molar-refractivity contribution is 4.97. The van der Waals surface area contributed by atoms with Gasteiger partial charge in [-0.2, -0.15) is 0 Å². The molecule has 0 aromatic heterocycles. The number of nitrogens with one attached hydrogen (secondary N) is 1. The highest BCUT2D eigenvalue weighted by Crippen LogP contribution is 2.35. The molecule has 1 N–H and O–H groups in total. The van der Waals surface area contributed by atoms with Crippen molar-refractivity contribution in [1.82, 2.24) is 5.32 Å². The summed E-state index contributed by atoms with van der Waals surface area (Å²) in [5, 5.41) is 3.28. The van der Waals surface area contributed by atoms with Gasteiger partial charge < -0.3 is 14.8 Å². The lowest BCUT2D eigenvalue weighted by Gasteiger charge is -2.45. The van der Waals surface area contributed by atoms with E-state index in [9.17, 15) is 0 Å². The molecular weight excluding hydrogens is 214 g/mol. The van der Waals surface area contributed by atoms with Gasteiger partial charge in [-0.25, -0.2) is 0 Å². The second kappa shape index (κ2) is 5.68. The zero-order valence-electron chi connectivity index (χ0n) is 11.6. The normalized spacial score (nSPS) is 46.6. The van der Waals surface area contributed by atoms with Gasteiger partial charge in [0.05, 0.1) is 18.3 Å². The fraction of sp³-hybridized carbons (Fsp3) is 1.00. The summed E-state index contributed by atoms with van der Waals surface area (Å²) in [6, 6.07) is 0.475. The topological polar surface area (TPSA) is 30.5 Å². The van der Waals surface area contributed by atoms with Crippen molar-refractivity contribution in [2.24, 2.45) is 11.8 Å². The van der Waals surface area contributed by atoms with Crippen LogP contribution in [0.15, 0.2) is 0 Å². The SMILES string of the molecule is CNC1CC(OC2CC(C)CC(C)C2)C1OC. The zero-order chi connectivity index (χ0) is 12.4. The standard InChI is InChI=1S/C14H27NO2/c1-9-5-10(2)7-11(6-9)17-13-8-12(15-3)14(13)16-4/h9-15H,5-8H2,1-4H3. The maximum atomic E-state index is 6.24. The molecule has 0 aromatic rings. The van der Waals surface area contributed by atoms with Gasteiger partial charge in [0.1, 0.15) is 0 Å². The molecule has 0 spiro atoms. The Hall–Kier alpha value is -0.120. The van der Waals surface area contributed by atoms with Gasteiger partial charge in [-0.3, -0.25) is 0 Å². The lowest BCUT2D eigenvalue weighted by molar-refractivity contribution is -0.166. The zero-order valence-corrected chi connectivity index (χ0v) is 11.6. The Bertz CT molecular complexity index is 236. The number of ether oxygens (including phenoxy) is 2. The quantitative estimate of drug-likeness (QED) is 0.818. The minimum atomic E-state index is 0.243. The van der Waals surface area contributed by atoms with Gasteiger partial charge in [-0.05, 0) is 44.6 Å². The van der Waals surface area contributed by atoms with Gasteiger partial charge in [0.15, 0.2) is 0 Å². The van der Waals surface area contributed by atoms with Crippen LogP contribution in [0.5, 0.6) is 0 Å². The largest absolute Gasteiger partial charge is 0.377 e. The van der Waals surface area contributed by atoms with Gasteiger partial charge in [-0.15, -0.1) is 0 Å². The molecule has 0 amide bonds. The fourth-order valence-electron chi connectivity index (χ4n) is 3.54. The summed E-state index contributed by atoms with van der Waals surface area (Å²) in [5.74, 6) is 1.62. The van der Waals surface area contributed by atoms with E-state index < -0.39 is 0 Å². The predicted molar refractivity (Wildman–Crippen MR) is 69.1 cm³/mol. The molecule has 17 heavy (non-hydrogen) atoms. The van der Waals surface area contributed by atoms with Crippen molar-refractivity contribution in [1.29, 1.82) is 0 Å². The summed E-state index contributed by atoms with van der Waals surface area (Å²) in [5.41, 5.74) is 0. The molecule has 2 aliphatic rings. The number of rotatable bonds is 4. The summed E-state index contributed by atoms with van der Waals surface area (Å²) in [4.78, 5) is 0. The van der Waals surface area contributed by atoms with Crippen LogP contribution in [0.3, 0.4) is 0 Å². The fourth-order valence-corrected chi connectivity index (χ4v) is 3.54. The van der Waals surface area contributed by atoms with Crippen molar-refractivity contribution in [3.63, 3.8) is 0 Å². The van der Waals surface area contributed by atoms with E-state index in [-0.39, 0.29) is 6.10 Å². The molecule has 3 heteroatoms. The molecular formula is C14H27NO2. The molecule has 2 aliphatic carbocycles. The molecule has 0 aliphatic heterocycles. The number of likely N-dealkylation sites (N-methyl/N-ethyl adjacent to an activating group) is 1. The lowest BCUT2D eigenvalue weighted by atomic mass is 9.80. The Balaban J connectivity index is 1.81. The molecule has 0 heterocycles. The van der Waals surface area contributed by atoms with Crippen LogP contribution in [0.2, 0.25) is 0 Å². The summed E-state index contributed by atoms with van der Waals surface area (Å²) >= 11 is 0. The van der Waals surface area contributed by atoms with Gasteiger partial charge in [0.2, 0.25) is 0 Å². The van der Waals surface area contributed by atoms with Crippen molar-refractivity contribution in [3.05, 3.63) is 0 Å². The summed E-state index contributed by atoms with van der Waals surface area (Å²) in [6.45, 7) is 4.69. The van der Waals surface area contributed by atoms with Crippen molar-refractivity contribution < 1.29 is 9.47 Å². The van der Waals surface area contributed by atoms with E-state index in [1.165, 1.54) is 19.3 Å². The minimum absolute atomic E-state index is 0.243. The highest BCUT2D eigenvalue weighted by Gasteiger charge is 2.43. The number of hydrogen-bond donors (Lipinski definition) is 1. The first-order valence-corrected chi connectivity index (χ1v) is 6.99. The molecule has 5 atom stereocenters. The van der Waals surface area contributed by atoms with Gasteiger partial charge >= 0.3 is 0 Å². The third kappa shape index (κ3) is 3.01. The molecule has 0 saturated heterocycles. The Morgan fingerprint density at radius 1 is 1.00 bits per heavy atom. The first-order chi connectivity index (χ1) is 8.13. The Morgan fingerprint density at radius 2 is 1.65 bits per heavy atom. The molecule has 0 radical (unpaired) electrons. The average Bonchev–Trinajstić information content (AvgIpc) is 2.22. The third-order valence-electron chi connectivity index (χ3n) is 4.39. The van der Waals surface area contributed by atoms with Crippen LogP contribution in [0, 0.1) is 11.8 Å². The van der Waals surface area contributed by atoms with E-state index >= 15 is 0 Å². The van der Waals surface area contributed by atoms with Gasteiger partial charge in [0.25, 0.3) is 0 Å². The third-order valence-corrected chi connectivity index (χ3v) is 4.39. The van der Waals surface area contributed by atoms with E-state index in [0.717, 1.165) is 18.3 Å². The molecule has 2 fully saturated rings. The molecule has 5 unspecified atom stereocenters. The molecule has 3 nitrogen and oxygen atoms in total. The Kier molecular flexibility index (Phi) is 4.45. The second-order valence-corrected chi connectivity index (χ2v) is 6.05. The molecule has 2 rings (SSSR count). The van der Waals surface area contributed by atoms with E-state index in [1.54, 1.807) is 7.11 Å². The summed E-state index contributed by atoms with van der Waals surface area (Å²) < 4.78 is 11.7. The van der Waals surface area contributed by atoms with Crippen molar-refractivity contribution in [2.75, 3.05) is 14.2 Å². The summed E-state index contributed by atoms with van der Waals surface area (Å²) in [7, 11) is 3.79. The van der Waals surface area contributed by atoms with E-state index in [0.29, 0.717) is 18.2 Å². The van der Waals surface area contributed by atoms with Crippen LogP contribution in [0.1, 0.15) is 39.5 Å². The summed E-state index contributed by atoms with van der Waals surface area (Å²) in [6.07, 6.45) is 5.90. The van der Waals surface area contributed by atoms with Crippen molar-refractivity contribution in [3.8, 4) is 0 Å². The smallest absolute Gasteiger partial charge is 0.0986 e. The van der Waals surface area contributed by atoms with Crippen molar-refractivity contribution >= 4 is 0 Å². The molecule has 0 bridgehead atoms. The van der Waals surface area contributed by atoms with Crippen LogP contribution in [0.4, 0.5) is 0 Å². The number of methoxy groups -OCH3 is 1. The molecule has 0 aromatic carbocycles. The van der Waals surface area contributed by atoms with Crippen LogP contribution < -0.4 is 5.32 Å². The van der Waals surface area contributed by atoms with E-state index in [2.05, 4.69) is 19.2 Å². The van der Waals surface area contributed by atoms with Gasteiger partial charge in [0, 0.05) is 13.2 Å². The van der Waals surface area contributed by atoms with Crippen LogP contribution in [0.25, 0.3) is 0 Å². The van der Waals surface area contributed by atoms with E-state index in [1.807, 2.05) is 7.05 Å². The first-order valence-electron chi connectivity index (χ1n) is 6.99. The Labute approximate surface area is 105 Å². The highest BCUT2D eigenvalue weighted by atomic mass is 16.5. The average molecular weight is 241 g/mol. The lowest BCUT2D eigenvalue weighted by Crippen LogP contribution is -2.59. The van der Waals surface area contributed by atoms with Crippen molar-refractivity contribution in [2.45, 2.75) is 63.9 Å². The molecule has 2 saturated carbocycles. The minimum Gasteiger partial charge on any atom is -0.377 e. The first kappa shape index (κ1) is 13.3. The van der Waals surface area contributed by atoms with E-state index in [4.69, 9.17) is 9.47 Å². The maximum Gasteiger partial charge on any atom is 0.0986 e. The van der Waals surface area contributed by atoms with Crippen LogP contribution in [-0.2, 0) is 9.47 Å². The molecule has 100 valence electrons. The van der Waals surface area contributed by atoms with Crippen LogP contribution in [-0.4, -0.2) is 38.5 Å². The second-order valence-electron chi connectivity index (χ2n) is 6.05.